The van der Waals surface area contributed by atoms with E-state index in [9.17, 15) is 0 Å². The van der Waals surface area contributed by atoms with Crippen LogP contribution in [0.3, 0.4) is 0 Å². The van der Waals surface area contributed by atoms with Gasteiger partial charge in [-0.05, 0) is 39.3 Å². The van der Waals surface area contributed by atoms with Crippen molar-refractivity contribution in [1.82, 2.24) is 20.0 Å². The Bertz CT molecular complexity index is 402. The van der Waals surface area contributed by atoms with E-state index in [4.69, 9.17) is 9.73 Å². The largest absolute Gasteiger partial charge is 0.379 e. The van der Waals surface area contributed by atoms with E-state index < -0.39 is 0 Å². The fraction of sp³-hybridized carbons (Fsp3) is 0.941. The van der Waals surface area contributed by atoms with Crippen LogP contribution < -0.4 is 5.32 Å². The molecule has 24 heavy (non-hydrogen) atoms. The summed E-state index contributed by atoms with van der Waals surface area (Å²) in [5, 5.41) is 3.50. The van der Waals surface area contributed by atoms with Gasteiger partial charge in [0.2, 0.25) is 0 Å². The second-order valence-electron chi connectivity index (χ2n) is 7.15. The third-order valence-electron chi connectivity index (χ3n) is 5.35. The second kappa shape index (κ2) is 10.1. The standard InChI is InChI=1S/C17H33N5O.HI/c1-3-18-17(19-12-15-4-6-20(2)13-15)22-7-5-16(14-22)21-8-10-23-11-9-21;/h15-16H,3-14H2,1-2H3,(H,18,19);1H. The molecule has 0 bridgehead atoms. The van der Waals surface area contributed by atoms with Gasteiger partial charge in [-0.1, -0.05) is 0 Å². The number of guanidine groups is 1. The van der Waals surface area contributed by atoms with E-state index >= 15 is 0 Å². The van der Waals surface area contributed by atoms with Gasteiger partial charge < -0.3 is 19.9 Å². The van der Waals surface area contributed by atoms with Crippen LogP contribution in [0, 0.1) is 5.92 Å². The van der Waals surface area contributed by atoms with E-state index in [0.717, 1.165) is 64.4 Å². The number of rotatable bonds is 4. The quantitative estimate of drug-likeness (QED) is 0.392. The average molecular weight is 451 g/mol. The Morgan fingerprint density at radius 3 is 2.58 bits per heavy atom. The zero-order valence-electron chi connectivity index (χ0n) is 15.2. The lowest BCUT2D eigenvalue weighted by Crippen LogP contribution is -2.46. The number of aliphatic imine (C=N–C) groups is 1. The summed E-state index contributed by atoms with van der Waals surface area (Å²) in [6.45, 7) is 12.7. The maximum absolute atomic E-state index is 5.48. The molecule has 0 amide bonds. The molecule has 3 fully saturated rings. The summed E-state index contributed by atoms with van der Waals surface area (Å²) in [5.41, 5.74) is 0. The van der Waals surface area contributed by atoms with Gasteiger partial charge in [0, 0.05) is 51.9 Å². The highest BCUT2D eigenvalue weighted by molar-refractivity contribution is 14.0. The van der Waals surface area contributed by atoms with Crippen LogP contribution in [-0.4, -0.2) is 99.3 Å². The van der Waals surface area contributed by atoms with Crippen LogP contribution in [0.4, 0.5) is 0 Å². The molecule has 3 aliphatic heterocycles. The number of morpholine rings is 1. The summed E-state index contributed by atoms with van der Waals surface area (Å²) in [4.78, 5) is 12.4. The zero-order valence-corrected chi connectivity index (χ0v) is 17.6. The average Bonchev–Trinajstić information content (AvgIpc) is 3.21. The van der Waals surface area contributed by atoms with Crippen LogP contribution in [0.25, 0.3) is 0 Å². The number of hydrogen-bond donors (Lipinski definition) is 1. The summed E-state index contributed by atoms with van der Waals surface area (Å²) in [6, 6.07) is 0.667. The third-order valence-corrected chi connectivity index (χ3v) is 5.35. The van der Waals surface area contributed by atoms with Gasteiger partial charge in [-0.3, -0.25) is 9.89 Å². The van der Waals surface area contributed by atoms with E-state index in [1.807, 2.05) is 0 Å². The minimum atomic E-state index is 0. The van der Waals surface area contributed by atoms with Crippen molar-refractivity contribution in [2.24, 2.45) is 10.9 Å². The lowest BCUT2D eigenvalue weighted by Gasteiger charge is -2.32. The SMILES string of the molecule is CCNC(=NCC1CCN(C)C1)N1CCC(N2CCOCC2)C1.I. The highest BCUT2D eigenvalue weighted by Gasteiger charge is 2.30. The maximum Gasteiger partial charge on any atom is 0.193 e. The molecule has 7 heteroatoms. The van der Waals surface area contributed by atoms with Crippen LogP contribution in [0.5, 0.6) is 0 Å². The van der Waals surface area contributed by atoms with Crippen LogP contribution >= 0.6 is 24.0 Å². The lowest BCUT2D eigenvalue weighted by atomic mass is 10.1. The minimum Gasteiger partial charge on any atom is -0.379 e. The first-order valence-corrected chi connectivity index (χ1v) is 9.30. The molecule has 3 saturated heterocycles. The lowest BCUT2D eigenvalue weighted by molar-refractivity contribution is 0.0195. The monoisotopic (exact) mass is 451 g/mol. The number of likely N-dealkylation sites (tertiary alicyclic amines) is 2. The van der Waals surface area contributed by atoms with Gasteiger partial charge in [0.05, 0.1) is 13.2 Å². The topological polar surface area (TPSA) is 43.3 Å². The first kappa shape index (κ1) is 20.2. The highest BCUT2D eigenvalue weighted by Crippen LogP contribution is 2.18. The highest BCUT2D eigenvalue weighted by atomic mass is 127. The van der Waals surface area contributed by atoms with Crippen molar-refractivity contribution in [2.45, 2.75) is 25.8 Å². The fourth-order valence-electron chi connectivity index (χ4n) is 3.99. The third kappa shape index (κ3) is 5.44. The van der Waals surface area contributed by atoms with Crippen molar-refractivity contribution in [3.05, 3.63) is 0 Å². The Hall–Kier alpha value is -0.120. The molecule has 140 valence electrons. The Morgan fingerprint density at radius 1 is 1.12 bits per heavy atom. The molecule has 3 heterocycles. The van der Waals surface area contributed by atoms with Crippen molar-refractivity contribution < 1.29 is 4.74 Å². The molecule has 0 aliphatic carbocycles. The summed E-state index contributed by atoms with van der Waals surface area (Å²) in [5.74, 6) is 1.85. The van der Waals surface area contributed by atoms with Gasteiger partial charge in [0.25, 0.3) is 0 Å². The van der Waals surface area contributed by atoms with Gasteiger partial charge in [-0.15, -0.1) is 24.0 Å². The summed E-state index contributed by atoms with van der Waals surface area (Å²) in [6.07, 6.45) is 2.53. The molecule has 2 unspecified atom stereocenters. The first-order valence-electron chi connectivity index (χ1n) is 9.30. The summed E-state index contributed by atoms with van der Waals surface area (Å²) < 4.78 is 5.48. The molecule has 0 aromatic rings. The number of hydrogen-bond acceptors (Lipinski definition) is 4. The van der Waals surface area contributed by atoms with Crippen molar-refractivity contribution in [1.29, 1.82) is 0 Å². The molecule has 3 rings (SSSR count). The van der Waals surface area contributed by atoms with Crippen LogP contribution in [0.15, 0.2) is 4.99 Å². The van der Waals surface area contributed by atoms with Gasteiger partial charge in [-0.2, -0.15) is 0 Å². The molecule has 2 atom stereocenters. The van der Waals surface area contributed by atoms with Gasteiger partial charge >= 0.3 is 0 Å². The van der Waals surface area contributed by atoms with E-state index in [1.54, 1.807) is 0 Å². The van der Waals surface area contributed by atoms with Crippen LogP contribution in [-0.2, 0) is 4.74 Å². The molecule has 0 spiro atoms. The van der Waals surface area contributed by atoms with Gasteiger partial charge in [0.15, 0.2) is 5.96 Å². The van der Waals surface area contributed by atoms with E-state index in [0.29, 0.717) is 6.04 Å². The number of nitrogens with zero attached hydrogens (tertiary/aromatic N) is 4. The molecule has 1 N–H and O–H groups in total. The Balaban J connectivity index is 0.00000208. The maximum atomic E-state index is 5.48. The van der Waals surface area contributed by atoms with Gasteiger partial charge in [0.1, 0.15) is 0 Å². The predicted molar refractivity (Wildman–Crippen MR) is 109 cm³/mol. The predicted octanol–water partition coefficient (Wildman–Crippen LogP) is 0.928. The molecular formula is C17H34IN5O. The molecule has 0 radical (unpaired) electrons. The van der Waals surface area contributed by atoms with E-state index in [2.05, 4.69) is 34.0 Å². The van der Waals surface area contributed by atoms with Crippen molar-refractivity contribution in [2.75, 3.05) is 72.6 Å². The minimum absolute atomic E-state index is 0. The smallest absolute Gasteiger partial charge is 0.193 e. The van der Waals surface area contributed by atoms with Crippen molar-refractivity contribution >= 4 is 29.9 Å². The van der Waals surface area contributed by atoms with E-state index in [-0.39, 0.29) is 24.0 Å². The van der Waals surface area contributed by atoms with Crippen molar-refractivity contribution in [3.8, 4) is 0 Å². The molecule has 0 aromatic heterocycles. The first-order chi connectivity index (χ1) is 11.3. The summed E-state index contributed by atoms with van der Waals surface area (Å²) in [7, 11) is 2.21. The molecule has 6 nitrogen and oxygen atoms in total. The van der Waals surface area contributed by atoms with Gasteiger partial charge in [-0.25, -0.2) is 0 Å². The molecular weight excluding hydrogens is 417 g/mol. The Labute approximate surface area is 164 Å². The number of nitrogens with one attached hydrogen (secondary N) is 1. The molecule has 0 aromatic carbocycles. The van der Waals surface area contributed by atoms with Crippen LogP contribution in [0.2, 0.25) is 0 Å². The Morgan fingerprint density at radius 2 is 1.92 bits per heavy atom. The number of ether oxygens (including phenoxy) is 1. The molecule has 0 saturated carbocycles. The van der Waals surface area contributed by atoms with Crippen molar-refractivity contribution in [3.63, 3.8) is 0 Å². The fourth-order valence-corrected chi connectivity index (χ4v) is 3.99. The normalized spacial score (nSPS) is 29.8. The second-order valence-corrected chi connectivity index (χ2v) is 7.15. The number of halogens is 1. The zero-order chi connectivity index (χ0) is 16.1. The van der Waals surface area contributed by atoms with Crippen LogP contribution in [0.1, 0.15) is 19.8 Å². The van der Waals surface area contributed by atoms with E-state index in [1.165, 1.54) is 25.9 Å². The summed E-state index contributed by atoms with van der Waals surface area (Å²) >= 11 is 0. The Kier molecular flexibility index (Phi) is 8.53. The molecule has 3 aliphatic rings.